The molecule has 0 unspecified atom stereocenters. The molecule has 0 bridgehead atoms. The van der Waals surface area contributed by atoms with Crippen LogP contribution in [0.3, 0.4) is 0 Å². The highest BCUT2D eigenvalue weighted by Gasteiger charge is 1.98. The Morgan fingerprint density at radius 3 is 2.85 bits per heavy atom. The van der Waals surface area contributed by atoms with E-state index in [4.69, 9.17) is 5.73 Å². The van der Waals surface area contributed by atoms with Crippen LogP contribution in [0.15, 0.2) is 24.3 Å². The summed E-state index contributed by atoms with van der Waals surface area (Å²) in [6.45, 7) is 0.423. The van der Waals surface area contributed by atoms with Gasteiger partial charge in [-0.2, -0.15) is 12.6 Å². The molecule has 1 aromatic rings. The van der Waals surface area contributed by atoms with Crippen LogP contribution in [0.5, 0.6) is 0 Å². The molecule has 3 heteroatoms. The third-order valence-corrected chi connectivity index (χ3v) is 1.94. The molecule has 1 nitrogen and oxygen atoms in total. The molecular formula is C10H12FNS. The van der Waals surface area contributed by atoms with Crippen LogP contribution in [0.25, 0.3) is 6.08 Å². The number of halogens is 1. The lowest BCUT2D eigenvalue weighted by molar-refractivity contribution is 0.626. The van der Waals surface area contributed by atoms with Crippen LogP contribution in [0.1, 0.15) is 11.1 Å². The second kappa shape index (κ2) is 5.04. The minimum atomic E-state index is -0.240. The minimum Gasteiger partial charge on any atom is -0.326 e. The standard InChI is InChI=1S/C10H12FNS/c11-10-4-3-9(7-12)8(6-10)2-1-5-13/h1-4,6,13H,5,7,12H2. The first-order chi connectivity index (χ1) is 6.27. The number of nitrogens with two attached hydrogens (primary N) is 1. The molecule has 0 aliphatic carbocycles. The Labute approximate surface area is 82.9 Å². The second-order valence-corrected chi connectivity index (χ2v) is 3.00. The normalized spacial score (nSPS) is 11.0. The van der Waals surface area contributed by atoms with Gasteiger partial charge in [0.15, 0.2) is 0 Å². The average molecular weight is 197 g/mol. The van der Waals surface area contributed by atoms with E-state index in [0.717, 1.165) is 11.1 Å². The van der Waals surface area contributed by atoms with E-state index in [1.807, 2.05) is 12.2 Å². The number of thiol groups is 1. The van der Waals surface area contributed by atoms with E-state index in [2.05, 4.69) is 12.6 Å². The van der Waals surface area contributed by atoms with Gasteiger partial charge < -0.3 is 5.73 Å². The van der Waals surface area contributed by atoms with Gasteiger partial charge in [0, 0.05) is 12.3 Å². The maximum atomic E-state index is 12.8. The van der Waals surface area contributed by atoms with E-state index in [9.17, 15) is 4.39 Å². The lowest BCUT2D eigenvalue weighted by Gasteiger charge is -2.02. The SMILES string of the molecule is NCc1ccc(F)cc1C=CCS. The van der Waals surface area contributed by atoms with Crippen molar-refractivity contribution >= 4 is 18.7 Å². The molecule has 2 N–H and O–H groups in total. The van der Waals surface area contributed by atoms with Gasteiger partial charge >= 0.3 is 0 Å². The van der Waals surface area contributed by atoms with Crippen molar-refractivity contribution in [1.82, 2.24) is 0 Å². The summed E-state index contributed by atoms with van der Waals surface area (Å²) >= 11 is 4.03. The van der Waals surface area contributed by atoms with Crippen molar-refractivity contribution in [3.63, 3.8) is 0 Å². The molecule has 0 saturated carbocycles. The van der Waals surface area contributed by atoms with E-state index in [0.29, 0.717) is 12.3 Å². The van der Waals surface area contributed by atoms with Crippen LogP contribution in [0.2, 0.25) is 0 Å². The Balaban J connectivity index is 3.01. The molecule has 0 aromatic heterocycles. The van der Waals surface area contributed by atoms with Crippen molar-refractivity contribution in [3.05, 3.63) is 41.2 Å². The molecule has 1 rings (SSSR count). The predicted octanol–water partition coefficient (Wildman–Crippen LogP) is 2.23. The van der Waals surface area contributed by atoms with Crippen LogP contribution < -0.4 is 5.73 Å². The third-order valence-electron chi connectivity index (χ3n) is 1.73. The molecule has 0 radical (unpaired) electrons. The highest BCUT2D eigenvalue weighted by atomic mass is 32.1. The summed E-state index contributed by atoms with van der Waals surface area (Å²) in [6, 6.07) is 4.59. The van der Waals surface area contributed by atoms with Crippen molar-refractivity contribution in [3.8, 4) is 0 Å². The fourth-order valence-corrected chi connectivity index (χ4v) is 1.19. The molecule has 0 spiro atoms. The zero-order valence-corrected chi connectivity index (χ0v) is 8.10. The van der Waals surface area contributed by atoms with Gasteiger partial charge in [-0.25, -0.2) is 4.39 Å². The molecule has 0 atom stereocenters. The van der Waals surface area contributed by atoms with Gasteiger partial charge in [0.05, 0.1) is 0 Å². The molecular weight excluding hydrogens is 185 g/mol. The van der Waals surface area contributed by atoms with E-state index in [1.165, 1.54) is 12.1 Å². The van der Waals surface area contributed by atoms with E-state index < -0.39 is 0 Å². The summed E-state index contributed by atoms with van der Waals surface area (Å²) in [5, 5.41) is 0. The van der Waals surface area contributed by atoms with Crippen LogP contribution in [0.4, 0.5) is 4.39 Å². The smallest absolute Gasteiger partial charge is 0.123 e. The van der Waals surface area contributed by atoms with Crippen molar-refractivity contribution in [2.75, 3.05) is 5.75 Å². The Morgan fingerprint density at radius 2 is 2.23 bits per heavy atom. The maximum Gasteiger partial charge on any atom is 0.123 e. The van der Waals surface area contributed by atoms with Crippen molar-refractivity contribution in [2.45, 2.75) is 6.54 Å². The summed E-state index contributed by atoms with van der Waals surface area (Å²) in [5.74, 6) is 0.400. The van der Waals surface area contributed by atoms with Gasteiger partial charge in [-0.15, -0.1) is 0 Å². The molecule has 0 fully saturated rings. The molecule has 13 heavy (non-hydrogen) atoms. The summed E-state index contributed by atoms with van der Waals surface area (Å²) in [4.78, 5) is 0. The molecule has 0 heterocycles. The molecule has 0 aliphatic rings. The topological polar surface area (TPSA) is 26.0 Å². The summed E-state index contributed by atoms with van der Waals surface area (Å²) in [7, 11) is 0. The minimum absolute atomic E-state index is 0.240. The fraction of sp³-hybridized carbons (Fsp3) is 0.200. The molecule has 70 valence electrons. The van der Waals surface area contributed by atoms with E-state index in [1.54, 1.807) is 6.07 Å². The summed E-state index contributed by atoms with van der Waals surface area (Å²) < 4.78 is 12.8. The maximum absolute atomic E-state index is 12.8. The Hall–Kier alpha value is -0.800. The van der Waals surface area contributed by atoms with Crippen LogP contribution in [-0.4, -0.2) is 5.75 Å². The zero-order chi connectivity index (χ0) is 9.68. The highest BCUT2D eigenvalue weighted by molar-refractivity contribution is 7.80. The van der Waals surface area contributed by atoms with Crippen LogP contribution in [-0.2, 0) is 6.54 Å². The lowest BCUT2D eigenvalue weighted by atomic mass is 10.1. The summed E-state index contributed by atoms with van der Waals surface area (Å²) in [5.41, 5.74) is 7.27. The lowest BCUT2D eigenvalue weighted by Crippen LogP contribution is -1.99. The zero-order valence-electron chi connectivity index (χ0n) is 7.20. The van der Waals surface area contributed by atoms with Gasteiger partial charge in [-0.1, -0.05) is 18.2 Å². The van der Waals surface area contributed by atoms with Gasteiger partial charge in [-0.05, 0) is 23.3 Å². The van der Waals surface area contributed by atoms with Gasteiger partial charge in [0.25, 0.3) is 0 Å². The van der Waals surface area contributed by atoms with Gasteiger partial charge in [0.2, 0.25) is 0 Å². The largest absolute Gasteiger partial charge is 0.326 e. The summed E-state index contributed by atoms with van der Waals surface area (Å²) in [6.07, 6.45) is 3.69. The molecule has 0 aliphatic heterocycles. The molecule has 0 amide bonds. The predicted molar refractivity (Wildman–Crippen MR) is 57.2 cm³/mol. The van der Waals surface area contributed by atoms with E-state index >= 15 is 0 Å². The number of hydrogen-bond acceptors (Lipinski definition) is 2. The van der Waals surface area contributed by atoms with Crippen LogP contribution >= 0.6 is 12.6 Å². The fourth-order valence-electron chi connectivity index (χ4n) is 1.09. The first-order valence-corrected chi connectivity index (χ1v) is 4.67. The van der Waals surface area contributed by atoms with Gasteiger partial charge in [0.1, 0.15) is 5.82 Å². The van der Waals surface area contributed by atoms with Crippen molar-refractivity contribution in [1.29, 1.82) is 0 Å². The Kier molecular flexibility index (Phi) is 3.99. The highest BCUT2D eigenvalue weighted by Crippen LogP contribution is 2.12. The number of rotatable bonds is 3. The monoisotopic (exact) mass is 197 g/mol. The second-order valence-electron chi connectivity index (χ2n) is 2.63. The van der Waals surface area contributed by atoms with Crippen LogP contribution in [0, 0.1) is 5.82 Å². The molecule has 0 saturated heterocycles. The molecule has 1 aromatic carbocycles. The average Bonchev–Trinajstić information content (AvgIpc) is 2.15. The first kappa shape index (κ1) is 10.3. The number of benzene rings is 1. The number of hydrogen-bond donors (Lipinski definition) is 2. The quantitative estimate of drug-likeness (QED) is 0.714. The van der Waals surface area contributed by atoms with Crippen molar-refractivity contribution < 1.29 is 4.39 Å². The third kappa shape index (κ3) is 2.86. The van der Waals surface area contributed by atoms with Gasteiger partial charge in [-0.3, -0.25) is 0 Å². The first-order valence-electron chi connectivity index (χ1n) is 4.04. The van der Waals surface area contributed by atoms with Crippen molar-refractivity contribution in [2.24, 2.45) is 5.73 Å². The Bertz CT molecular complexity index is 310. The Morgan fingerprint density at radius 1 is 1.46 bits per heavy atom. The van der Waals surface area contributed by atoms with E-state index in [-0.39, 0.29) is 5.82 Å².